The van der Waals surface area contributed by atoms with Gasteiger partial charge in [0.1, 0.15) is 0 Å². The molecule has 1 unspecified atom stereocenters. The normalized spacial score (nSPS) is 32.6. The minimum atomic E-state index is -1.83. The highest BCUT2D eigenvalue weighted by molar-refractivity contribution is 5.53. The summed E-state index contributed by atoms with van der Waals surface area (Å²) in [6, 6.07) is 0. The standard InChI is InChI=1S/C27H46O.C8H18O5.CH2O3/c1-18(2)7-6-8-19(3)23-11-12-24-22-10-9-20-17-21(28)13-15-26(20,4)25(22)14-16-27(23,24)5;9-1-3-11-5-7-13-8-6-12-4-2-10;2-1(3)4/h9,18-19,21-25,28H,6-8,10-17H2,1-5H3;9-10H,1-8H2;(H2,2,3,4)/t19?,21-,22-,23+,24-,25-,26-,27+;;/m0../s1. The molecule has 4 rings (SSSR count). The van der Waals surface area contributed by atoms with Crippen LogP contribution < -0.4 is 0 Å². The van der Waals surface area contributed by atoms with Gasteiger partial charge in [-0.2, -0.15) is 0 Å². The van der Waals surface area contributed by atoms with Crippen molar-refractivity contribution in [2.45, 2.75) is 111 Å². The van der Waals surface area contributed by atoms with Crippen LogP contribution in [-0.2, 0) is 14.2 Å². The Bertz CT molecular complexity index is 849. The largest absolute Gasteiger partial charge is 0.503 e. The van der Waals surface area contributed by atoms with Crippen molar-refractivity contribution >= 4 is 6.16 Å². The quantitative estimate of drug-likeness (QED) is 0.0981. The van der Waals surface area contributed by atoms with Gasteiger partial charge in [0.2, 0.25) is 0 Å². The molecule has 0 heterocycles. The first kappa shape index (κ1) is 39.9. The van der Waals surface area contributed by atoms with E-state index in [4.69, 9.17) is 39.4 Å². The van der Waals surface area contributed by atoms with Gasteiger partial charge < -0.3 is 39.7 Å². The van der Waals surface area contributed by atoms with Crippen molar-refractivity contribution in [3.05, 3.63) is 11.6 Å². The molecular formula is C36H66O9. The second kappa shape index (κ2) is 20.2. The van der Waals surface area contributed by atoms with Crippen LogP contribution in [0.2, 0.25) is 0 Å². The summed E-state index contributed by atoms with van der Waals surface area (Å²) in [5, 5.41) is 40.9. The average Bonchev–Trinajstić information content (AvgIpc) is 3.34. The first-order valence-electron chi connectivity index (χ1n) is 17.6. The Morgan fingerprint density at radius 1 is 0.844 bits per heavy atom. The molecule has 4 aliphatic rings. The van der Waals surface area contributed by atoms with E-state index < -0.39 is 6.16 Å². The number of rotatable bonds is 15. The third-order valence-electron chi connectivity index (χ3n) is 11.5. The van der Waals surface area contributed by atoms with Crippen molar-refractivity contribution in [1.29, 1.82) is 0 Å². The maximum atomic E-state index is 10.2. The summed E-state index contributed by atoms with van der Waals surface area (Å²) in [6.07, 6.45) is 15.3. The van der Waals surface area contributed by atoms with E-state index in [-0.39, 0.29) is 19.3 Å². The van der Waals surface area contributed by atoms with Gasteiger partial charge in [-0.3, -0.25) is 0 Å². The van der Waals surface area contributed by atoms with Gasteiger partial charge in [-0.25, -0.2) is 4.79 Å². The van der Waals surface area contributed by atoms with Gasteiger partial charge in [0.05, 0.1) is 59.0 Å². The number of fused-ring (bicyclic) bond motifs is 5. The second-order valence-electron chi connectivity index (χ2n) is 14.8. The zero-order chi connectivity index (χ0) is 33.5. The lowest BCUT2D eigenvalue weighted by Gasteiger charge is -2.58. The lowest BCUT2D eigenvalue weighted by Crippen LogP contribution is -2.50. The molecular weight excluding hydrogens is 576 g/mol. The van der Waals surface area contributed by atoms with Crippen LogP contribution in [0.15, 0.2) is 11.6 Å². The minimum absolute atomic E-state index is 0.0413. The van der Waals surface area contributed by atoms with Gasteiger partial charge in [-0.15, -0.1) is 0 Å². The van der Waals surface area contributed by atoms with Crippen LogP contribution in [0.25, 0.3) is 0 Å². The number of ether oxygens (including phenoxy) is 3. The molecule has 264 valence electrons. The predicted octanol–water partition coefficient (Wildman–Crippen LogP) is 6.63. The van der Waals surface area contributed by atoms with Crippen LogP contribution in [-0.4, -0.2) is 90.6 Å². The van der Waals surface area contributed by atoms with Crippen LogP contribution in [0.5, 0.6) is 0 Å². The predicted molar refractivity (Wildman–Crippen MR) is 176 cm³/mol. The first-order chi connectivity index (χ1) is 21.4. The molecule has 0 aromatic heterocycles. The Hall–Kier alpha value is -1.23. The van der Waals surface area contributed by atoms with E-state index in [1.807, 2.05) is 0 Å². The van der Waals surface area contributed by atoms with E-state index in [2.05, 4.69) is 40.7 Å². The molecule has 9 nitrogen and oxygen atoms in total. The molecule has 0 amide bonds. The van der Waals surface area contributed by atoms with Gasteiger partial charge in [-0.05, 0) is 97.7 Å². The number of carbonyl (C=O) groups is 1. The molecule has 8 atom stereocenters. The maximum absolute atomic E-state index is 10.2. The summed E-state index contributed by atoms with van der Waals surface area (Å²) in [5.41, 5.74) is 2.60. The Morgan fingerprint density at radius 3 is 1.98 bits per heavy atom. The van der Waals surface area contributed by atoms with Crippen LogP contribution >= 0.6 is 0 Å². The fourth-order valence-corrected chi connectivity index (χ4v) is 9.34. The number of hydrogen-bond donors (Lipinski definition) is 5. The van der Waals surface area contributed by atoms with Gasteiger partial charge in [0, 0.05) is 0 Å². The van der Waals surface area contributed by atoms with E-state index in [0.29, 0.717) is 50.5 Å². The highest BCUT2D eigenvalue weighted by Crippen LogP contribution is 2.67. The van der Waals surface area contributed by atoms with E-state index >= 15 is 0 Å². The van der Waals surface area contributed by atoms with Crippen LogP contribution in [0.4, 0.5) is 4.79 Å². The summed E-state index contributed by atoms with van der Waals surface area (Å²) in [4.78, 5) is 8.56. The molecule has 3 saturated carbocycles. The van der Waals surface area contributed by atoms with E-state index in [1.165, 1.54) is 57.8 Å². The zero-order valence-corrected chi connectivity index (χ0v) is 28.9. The van der Waals surface area contributed by atoms with Crippen molar-refractivity contribution < 1.29 is 44.5 Å². The van der Waals surface area contributed by atoms with Gasteiger partial charge in [-0.1, -0.05) is 65.5 Å². The third kappa shape index (κ3) is 12.1. The smallest absolute Gasteiger partial charge is 0.450 e. The summed E-state index contributed by atoms with van der Waals surface area (Å²) in [7, 11) is 0. The topological polar surface area (TPSA) is 146 Å². The fraction of sp³-hybridized carbons (Fsp3) is 0.917. The highest BCUT2D eigenvalue weighted by Gasteiger charge is 2.59. The SMILES string of the molecule is CC(C)CCCC(C)[C@H]1CC[C@H]2[C@@H]3CC=C4C[C@@H](O)CC[C@]4(C)[C@H]3CC[C@]12C.O=C(O)O.OCCOCCOCCOCCO. The Balaban J connectivity index is 0.000000348. The van der Waals surface area contributed by atoms with Gasteiger partial charge >= 0.3 is 6.16 Å². The molecule has 0 aromatic carbocycles. The Kier molecular flexibility index (Phi) is 17.9. The second-order valence-corrected chi connectivity index (χ2v) is 14.8. The molecule has 0 saturated heterocycles. The fourth-order valence-electron chi connectivity index (χ4n) is 9.34. The molecule has 0 radical (unpaired) electrons. The summed E-state index contributed by atoms with van der Waals surface area (Å²) >= 11 is 0. The van der Waals surface area contributed by atoms with E-state index in [9.17, 15) is 5.11 Å². The molecule has 0 bridgehead atoms. The van der Waals surface area contributed by atoms with Crippen molar-refractivity contribution in [3.8, 4) is 0 Å². The highest BCUT2D eigenvalue weighted by atomic mass is 16.6. The van der Waals surface area contributed by atoms with E-state index in [1.54, 1.807) is 5.57 Å². The van der Waals surface area contributed by atoms with Crippen molar-refractivity contribution in [2.24, 2.45) is 46.3 Å². The first-order valence-corrected chi connectivity index (χ1v) is 17.6. The van der Waals surface area contributed by atoms with Gasteiger partial charge in [0.25, 0.3) is 0 Å². The minimum Gasteiger partial charge on any atom is -0.450 e. The Morgan fingerprint density at radius 2 is 1.42 bits per heavy atom. The molecule has 9 heteroatoms. The van der Waals surface area contributed by atoms with Crippen molar-refractivity contribution in [3.63, 3.8) is 0 Å². The lowest BCUT2D eigenvalue weighted by atomic mass is 9.47. The average molecular weight is 643 g/mol. The molecule has 0 aromatic rings. The number of hydrogen-bond acceptors (Lipinski definition) is 7. The summed E-state index contributed by atoms with van der Waals surface area (Å²) < 4.78 is 15.0. The van der Waals surface area contributed by atoms with Crippen molar-refractivity contribution in [1.82, 2.24) is 0 Å². The zero-order valence-electron chi connectivity index (χ0n) is 28.9. The van der Waals surface area contributed by atoms with Crippen LogP contribution in [0.3, 0.4) is 0 Å². The van der Waals surface area contributed by atoms with E-state index in [0.717, 1.165) is 48.3 Å². The summed E-state index contributed by atoms with van der Waals surface area (Å²) in [5.74, 6) is 5.46. The number of aliphatic hydroxyl groups is 3. The maximum Gasteiger partial charge on any atom is 0.503 e. The summed E-state index contributed by atoms with van der Waals surface area (Å²) in [6.45, 7) is 15.3. The lowest BCUT2D eigenvalue weighted by molar-refractivity contribution is -0.0573. The number of allylic oxidation sites excluding steroid dienone is 1. The molecule has 45 heavy (non-hydrogen) atoms. The van der Waals surface area contributed by atoms with Gasteiger partial charge in [0.15, 0.2) is 0 Å². The van der Waals surface area contributed by atoms with Crippen LogP contribution in [0.1, 0.15) is 105 Å². The third-order valence-corrected chi connectivity index (χ3v) is 11.5. The molecule has 4 aliphatic carbocycles. The Labute approximate surface area is 272 Å². The number of carboxylic acid groups (broad SMARTS) is 2. The monoisotopic (exact) mass is 642 g/mol. The molecule has 0 aliphatic heterocycles. The molecule has 5 N–H and O–H groups in total. The molecule has 0 spiro atoms. The van der Waals surface area contributed by atoms with Crippen LogP contribution in [0, 0.1) is 46.3 Å². The number of aliphatic hydroxyl groups excluding tert-OH is 3. The van der Waals surface area contributed by atoms with Crippen molar-refractivity contribution in [2.75, 3.05) is 52.9 Å². The molecule has 3 fully saturated rings.